The second-order valence-electron chi connectivity index (χ2n) is 6.54. The Bertz CT molecular complexity index is 295. The highest BCUT2D eigenvalue weighted by Gasteiger charge is 2.42. The third kappa shape index (κ3) is 2.62. The molecule has 2 aliphatic carbocycles. The minimum atomic E-state index is -0.0999. The van der Waals surface area contributed by atoms with Crippen LogP contribution in [-0.2, 0) is 4.79 Å². The Hall–Kier alpha value is -0.240. The van der Waals surface area contributed by atoms with Crippen LogP contribution in [0.25, 0.3) is 0 Å². The molecule has 2 aliphatic rings. The molecule has 17 heavy (non-hydrogen) atoms. The van der Waals surface area contributed by atoms with Gasteiger partial charge in [0.05, 0.1) is 5.54 Å². The molecule has 0 bridgehead atoms. The Labute approximate surface area is 109 Å². The van der Waals surface area contributed by atoms with Gasteiger partial charge in [0, 0.05) is 11.8 Å². The highest BCUT2D eigenvalue weighted by molar-refractivity contribution is 6.18. The summed E-state index contributed by atoms with van der Waals surface area (Å²) < 4.78 is 0. The molecule has 1 atom stereocenters. The summed E-state index contributed by atoms with van der Waals surface area (Å²) in [6.45, 7) is 4.43. The summed E-state index contributed by atoms with van der Waals surface area (Å²) in [5, 5.41) is 3.27. The number of nitrogens with one attached hydrogen (secondary N) is 1. The average Bonchev–Trinajstić information content (AvgIpc) is 2.85. The van der Waals surface area contributed by atoms with Gasteiger partial charge in [0.2, 0.25) is 5.91 Å². The average molecular weight is 258 g/mol. The van der Waals surface area contributed by atoms with Gasteiger partial charge in [0.25, 0.3) is 0 Å². The summed E-state index contributed by atoms with van der Waals surface area (Å²) in [4.78, 5) is 12.4. The second kappa shape index (κ2) is 4.79. The van der Waals surface area contributed by atoms with E-state index in [0.717, 1.165) is 19.3 Å². The molecular formula is C14H24ClNO. The van der Waals surface area contributed by atoms with E-state index in [2.05, 4.69) is 19.2 Å². The maximum atomic E-state index is 12.4. The maximum absolute atomic E-state index is 12.4. The molecule has 0 spiro atoms. The van der Waals surface area contributed by atoms with Crippen molar-refractivity contribution in [2.24, 2.45) is 11.3 Å². The molecule has 0 saturated heterocycles. The van der Waals surface area contributed by atoms with Crippen molar-refractivity contribution >= 4 is 17.5 Å². The Morgan fingerprint density at radius 3 is 2.35 bits per heavy atom. The summed E-state index contributed by atoms with van der Waals surface area (Å²) in [7, 11) is 0. The van der Waals surface area contributed by atoms with Crippen molar-refractivity contribution in [1.82, 2.24) is 5.32 Å². The molecule has 2 fully saturated rings. The third-order valence-corrected chi connectivity index (χ3v) is 5.29. The first kappa shape index (κ1) is 13.2. The fraction of sp³-hybridized carbons (Fsp3) is 0.929. The molecule has 98 valence electrons. The minimum Gasteiger partial charge on any atom is -0.349 e. The van der Waals surface area contributed by atoms with Crippen LogP contribution in [-0.4, -0.2) is 17.3 Å². The Kier molecular flexibility index (Phi) is 3.72. The number of amides is 1. The van der Waals surface area contributed by atoms with Crippen molar-refractivity contribution in [3.05, 3.63) is 0 Å². The first-order valence-electron chi connectivity index (χ1n) is 6.87. The molecule has 3 heteroatoms. The molecule has 2 rings (SSSR count). The van der Waals surface area contributed by atoms with Crippen molar-refractivity contribution in [2.75, 3.05) is 5.88 Å². The fourth-order valence-corrected chi connectivity index (χ4v) is 3.84. The molecule has 2 nitrogen and oxygen atoms in total. The predicted molar refractivity (Wildman–Crippen MR) is 71.2 cm³/mol. The van der Waals surface area contributed by atoms with Gasteiger partial charge in [0.1, 0.15) is 0 Å². The van der Waals surface area contributed by atoms with Crippen molar-refractivity contribution in [3.8, 4) is 0 Å². The summed E-state index contributed by atoms with van der Waals surface area (Å²) >= 11 is 6.07. The van der Waals surface area contributed by atoms with Crippen molar-refractivity contribution in [2.45, 2.75) is 64.3 Å². The van der Waals surface area contributed by atoms with E-state index in [1.54, 1.807) is 0 Å². The quantitative estimate of drug-likeness (QED) is 0.771. The van der Waals surface area contributed by atoms with Gasteiger partial charge in [-0.05, 0) is 31.1 Å². The SMILES string of the molecule is CC1(C)CCCC1C(=O)NC1(CCl)CCCC1. The van der Waals surface area contributed by atoms with Gasteiger partial charge in [-0.2, -0.15) is 0 Å². The molecule has 2 saturated carbocycles. The zero-order valence-electron chi connectivity index (χ0n) is 11.0. The molecule has 1 unspecified atom stereocenters. The number of hydrogen-bond acceptors (Lipinski definition) is 1. The summed E-state index contributed by atoms with van der Waals surface area (Å²) in [5.74, 6) is 0.990. The molecule has 0 aromatic carbocycles. The molecule has 0 heterocycles. The van der Waals surface area contributed by atoms with Crippen LogP contribution < -0.4 is 5.32 Å². The van der Waals surface area contributed by atoms with E-state index in [1.807, 2.05) is 0 Å². The van der Waals surface area contributed by atoms with E-state index in [0.29, 0.717) is 5.88 Å². The van der Waals surface area contributed by atoms with Crippen LogP contribution in [0.1, 0.15) is 58.8 Å². The lowest BCUT2D eigenvalue weighted by Crippen LogP contribution is -2.51. The van der Waals surface area contributed by atoms with Crippen LogP contribution in [0, 0.1) is 11.3 Å². The molecule has 0 radical (unpaired) electrons. The lowest BCUT2D eigenvalue weighted by molar-refractivity contribution is -0.129. The van der Waals surface area contributed by atoms with Gasteiger partial charge in [-0.15, -0.1) is 11.6 Å². The van der Waals surface area contributed by atoms with Crippen molar-refractivity contribution < 1.29 is 4.79 Å². The van der Waals surface area contributed by atoms with Crippen LogP contribution in [0.15, 0.2) is 0 Å². The molecule has 0 aromatic heterocycles. The van der Waals surface area contributed by atoms with Gasteiger partial charge >= 0.3 is 0 Å². The van der Waals surface area contributed by atoms with Crippen LogP contribution in [0.4, 0.5) is 0 Å². The Morgan fingerprint density at radius 1 is 1.24 bits per heavy atom. The highest BCUT2D eigenvalue weighted by atomic mass is 35.5. The first-order valence-corrected chi connectivity index (χ1v) is 7.41. The zero-order valence-corrected chi connectivity index (χ0v) is 11.8. The zero-order chi connectivity index (χ0) is 12.5. The normalized spacial score (nSPS) is 30.4. The first-order chi connectivity index (χ1) is 7.99. The summed E-state index contributed by atoms with van der Waals surface area (Å²) in [5.41, 5.74) is 0.0630. The molecular weight excluding hydrogens is 234 g/mol. The lowest BCUT2D eigenvalue weighted by Gasteiger charge is -2.33. The molecule has 1 N–H and O–H groups in total. The largest absolute Gasteiger partial charge is 0.349 e. The number of halogens is 1. The smallest absolute Gasteiger partial charge is 0.224 e. The number of alkyl halides is 1. The minimum absolute atomic E-state index is 0.0999. The van der Waals surface area contributed by atoms with Crippen molar-refractivity contribution in [1.29, 1.82) is 0 Å². The topological polar surface area (TPSA) is 29.1 Å². The van der Waals surface area contributed by atoms with E-state index in [9.17, 15) is 4.79 Å². The van der Waals surface area contributed by atoms with Gasteiger partial charge in [-0.3, -0.25) is 4.79 Å². The van der Waals surface area contributed by atoms with Gasteiger partial charge in [-0.25, -0.2) is 0 Å². The van der Waals surface area contributed by atoms with Gasteiger partial charge < -0.3 is 5.32 Å². The van der Waals surface area contributed by atoms with Crippen LogP contribution >= 0.6 is 11.6 Å². The number of carbonyl (C=O) groups is 1. The van der Waals surface area contributed by atoms with Crippen LogP contribution in [0.3, 0.4) is 0 Å². The van der Waals surface area contributed by atoms with Crippen LogP contribution in [0.2, 0.25) is 0 Å². The maximum Gasteiger partial charge on any atom is 0.224 e. The Balaban J connectivity index is 2.01. The highest BCUT2D eigenvalue weighted by Crippen LogP contribution is 2.43. The third-order valence-electron chi connectivity index (χ3n) is 4.78. The Morgan fingerprint density at radius 2 is 1.88 bits per heavy atom. The van der Waals surface area contributed by atoms with E-state index >= 15 is 0 Å². The van der Waals surface area contributed by atoms with Gasteiger partial charge in [-0.1, -0.05) is 33.1 Å². The lowest BCUT2D eigenvalue weighted by atomic mass is 9.81. The number of hydrogen-bond donors (Lipinski definition) is 1. The molecule has 0 aromatic rings. The standard InChI is InChI=1S/C14H24ClNO/c1-13(2)7-5-6-11(13)12(17)16-14(10-15)8-3-4-9-14/h11H,3-10H2,1-2H3,(H,16,17). The summed E-state index contributed by atoms with van der Waals surface area (Å²) in [6.07, 6.45) is 7.88. The van der Waals surface area contributed by atoms with Crippen LogP contribution in [0.5, 0.6) is 0 Å². The van der Waals surface area contributed by atoms with Gasteiger partial charge in [0.15, 0.2) is 0 Å². The summed E-state index contributed by atoms with van der Waals surface area (Å²) in [6, 6.07) is 0. The monoisotopic (exact) mass is 257 g/mol. The fourth-order valence-electron chi connectivity index (χ4n) is 3.51. The predicted octanol–water partition coefficient (Wildman–Crippen LogP) is 3.48. The number of rotatable bonds is 3. The molecule has 0 aliphatic heterocycles. The number of carbonyl (C=O) groups excluding carboxylic acids is 1. The van der Waals surface area contributed by atoms with Crippen molar-refractivity contribution in [3.63, 3.8) is 0 Å². The second-order valence-corrected chi connectivity index (χ2v) is 6.81. The van der Waals surface area contributed by atoms with E-state index in [1.165, 1.54) is 25.7 Å². The van der Waals surface area contributed by atoms with E-state index in [4.69, 9.17) is 11.6 Å². The van der Waals surface area contributed by atoms with E-state index < -0.39 is 0 Å². The molecule has 1 amide bonds. The van der Waals surface area contributed by atoms with E-state index in [-0.39, 0.29) is 22.8 Å².